The third kappa shape index (κ3) is 6.10. The highest BCUT2D eigenvalue weighted by Crippen LogP contribution is 2.25. The summed E-state index contributed by atoms with van der Waals surface area (Å²) in [7, 11) is 0. The Kier molecular flexibility index (Phi) is 7.07. The Bertz CT molecular complexity index is 626. The number of ether oxygens (including phenoxy) is 1. The first-order valence-electron chi connectivity index (χ1n) is 8.28. The highest BCUT2D eigenvalue weighted by atomic mass is 19.3. The fourth-order valence-corrected chi connectivity index (χ4v) is 2.73. The highest BCUT2D eigenvalue weighted by molar-refractivity contribution is 5.88. The number of amides is 2. The van der Waals surface area contributed by atoms with Crippen LogP contribution in [0, 0.1) is 0 Å². The van der Waals surface area contributed by atoms with Crippen molar-refractivity contribution in [1.29, 1.82) is 0 Å². The van der Waals surface area contributed by atoms with Gasteiger partial charge in [-0.05, 0) is 25.5 Å². The van der Waals surface area contributed by atoms with Crippen LogP contribution in [0.5, 0.6) is 5.88 Å². The van der Waals surface area contributed by atoms with Crippen LogP contribution in [-0.2, 0) is 4.79 Å². The van der Waals surface area contributed by atoms with Crippen LogP contribution in [0.15, 0.2) is 18.2 Å². The second kappa shape index (κ2) is 9.27. The summed E-state index contributed by atoms with van der Waals surface area (Å²) in [5.74, 6) is -0.689. The molecule has 0 aromatic carbocycles. The minimum Gasteiger partial charge on any atom is -0.480 e. The Labute approximate surface area is 149 Å². The molecular weight excluding hydrogens is 350 g/mol. The first-order valence-corrected chi connectivity index (χ1v) is 8.28. The molecule has 1 aliphatic carbocycles. The summed E-state index contributed by atoms with van der Waals surface area (Å²) in [4.78, 5) is 28.6. The molecule has 1 aromatic heterocycles. The molecule has 2 amide bonds. The summed E-state index contributed by atoms with van der Waals surface area (Å²) < 4.78 is 29.1. The van der Waals surface area contributed by atoms with E-state index in [0.717, 1.165) is 0 Å². The fraction of sp³-hybridized carbons (Fsp3) is 0.562. The Morgan fingerprint density at radius 2 is 2.15 bits per heavy atom. The number of alkyl halides is 2. The molecule has 0 bridgehead atoms. The van der Waals surface area contributed by atoms with Crippen molar-refractivity contribution in [3.05, 3.63) is 18.2 Å². The van der Waals surface area contributed by atoms with Gasteiger partial charge in [0.2, 0.25) is 5.88 Å². The van der Waals surface area contributed by atoms with E-state index in [0.29, 0.717) is 19.4 Å². The predicted octanol–water partition coefficient (Wildman–Crippen LogP) is 1.78. The highest BCUT2D eigenvalue weighted by Gasteiger charge is 2.34. The second-order valence-electron chi connectivity index (χ2n) is 5.94. The van der Waals surface area contributed by atoms with Crippen molar-refractivity contribution in [3.8, 4) is 5.88 Å². The summed E-state index contributed by atoms with van der Waals surface area (Å²) in [5, 5.41) is 14.2. The molecule has 1 heterocycles. The van der Waals surface area contributed by atoms with Crippen molar-refractivity contribution in [3.63, 3.8) is 0 Å². The van der Waals surface area contributed by atoms with Gasteiger partial charge in [-0.15, -0.1) is 0 Å². The van der Waals surface area contributed by atoms with Crippen LogP contribution in [-0.4, -0.2) is 65.2 Å². The zero-order valence-corrected chi connectivity index (χ0v) is 14.3. The molecule has 0 unspecified atom stereocenters. The Hall–Kier alpha value is -2.49. The maximum absolute atomic E-state index is 12.1. The number of likely N-dealkylation sites (N-methyl/N-ethyl adjacent to an activating group) is 1. The van der Waals surface area contributed by atoms with Gasteiger partial charge >= 0.3 is 12.0 Å². The van der Waals surface area contributed by atoms with Crippen molar-refractivity contribution in [2.45, 2.75) is 38.3 Å². The number of nitrogens with zero attached hydrogens (tertiary/aromatic N) is 2. The third-order valence-corrected chi connectivity index (χ3v) is 4.03. The van der Waals surface area contributed by atoms with Gasteiger partial charge in [0.1, 0.15) is 5.82 Å². The van der Waals surface area contributed by atoms with E-state index >= 15 is 0 Å². The van der Waals surface area contributed by atoms with Gasteiger partial charge in [0, 0.05) is 18.2 Å². The molecule has 0 saturated heterocycles. The monoisotopic (exact) mass is 372 g/mol. The first-order chi connectivity index (χ1) is 12.4. The molecular formula is C16H22F2N4O4. The molecule has 3 N–H and O–H groups in total. The van der Waals surface area contributed by atoms with Crippen molar-refractivity contribution in [2.24, 2.45) is 0 Å². The lowest BCUT2D eigenvalue weighted by atomic mass is 9.85. The van der Waals surface area contributed by atoms with Crippen LogP contribution in [0.2, 0.25) is 0 Å². The van der Waals surface area contributed by atoms with Gasteiger partial charge in [-0.25, -0.2) is 13.6 Å². The number of aliphatic carboxylic acids is 1. The number of pyridine rings is 1. The number of carbonyl (C=O) groups excluding carboxylic acids is 1. The number of anilines is 1. The van der Waals surface area contributed by atoms with Gasteiger partial charge in [0.15, 0.2) is 6.61 Å². The zero-order valence-electron chi connectivity index (χ0n) is 14.3. The van der Waals surface area contributed by atoms with Crippen molar-refractivity contribution in [1.82, 2.24) is 15.2 Å². The Morgan fingerprint density at radius 1 is 1.42 bits per heavy atom. The van der Waals surface area contributed by atoms with Crippen LogP contribution >= 0.6 is 0 Å². The summed E-state index contributed by atoms with van der Waals surface area (Å²) in [6, 6.07) is 4.08. The van der Waals surface area contributed by atoms with E-state index in [4.69, 9.17) is 9.84 Å². The predicted molar refractivity (Wildman–Crippen MR) is 89.6 cm³/mol. The van der Waals surface area contributed by atoms with Crippen LogP contribution in [0.25, 0.3) is 0 Å². The van der Waals surface area contributed by atoms with E-state index in [1.54, 1.807) is 0 Å². The van der Waals surface area contributed by atoms with Crippen LogP contribution in [0.3, 0.4) is 0 Å². The van der Waals surface area contributed by atoms with E-state index in [1.807, 2.05) is 11.8 Å². The molecule has 0 aliphatic heterocycles. The number of carboxylic acids is 1. The average molecular weight is 372 g/mol. The molecule has 1 aliphatic rings. The first kappa shape index (κ1) is 19.8. The molecule has 144 valence electrons. The minimum atomic E-state index is -2.60. The molecule has 0 radical (unpaired) electrons. The number of carboxylic acid groups (broad SMARTS) is 1. The smallest absolute Gasteiger partial charge is 0.320 e. The van der Waals surface area contributed by atoms with Crippen molar-refractivity contribution >= 4 is 17.8 Å². The largest absolute Gasteiger partial charge is 0.480 e. The van der Waals surface area contributed by atoms with Crippen LogP contribution < -0.4 is 15.4 Å². The van der Waals surface area contributed by atoms with Gasteiger partial charge in [0.05, 0.1) is 6.54 Å². The number of halogens is 2. The summed E-state index contributed by atoms with van der Waals surface area (Å²) in [6.45, 7) is 1.74. The molecule has 10 heteroatoms. The molecule has 2 rings (SSSR count). The second-order valence-corrected chi connectivity index (χ2v) is 5.94. The van der Waals surface area contributed by atoms with Gasteiger partial charge in [-0.2, -0.15) is 4.98 Å². The number of urea groups is 1. The maximum atomic E-state index is 12.1. The third-order valence-electron chi connectivity index (χ3n) is 4.03. The SMILES string of the molecule is CCN(CC(=O)O)C1CC(NC(=O)Nc2cccc(OCC(F)F)n2)C1. The quantitative estimate of drug-likeness (QED) is 0.611. The summed E-state index contributed by atoms with van der Waals surface area (Å²) in [6.07, 6.45) is -1.27. The fourth-order valence-electron chi connectivity index (χ4n) is 2.73. The Morgan fingerprint density at radius 3 is 2.77 bits per heavy atom. The van der Waals surface area contributed by atoms with Crippen LogP contribution in [0.4, 0.5) is 19.4 Å². The number of hydrogen-bond acceptors (Lipinski definition) is 5. The van der Waals surface area contributed by atoms with Crippen LogP contribution in [0.1, 0.15) is 19.8 Å². The summed E-state index contributed by atoms with van der Waals surface area (Å²) in [5.41, 5.74) is 0. The molecule has 1 saturated carbocycles. The summed E-state index contributed by atoms with van der Waals surface area (Å²) >= 11 is 0. The van der Waals surface area contributed by atoms with Crippen molar-refractivity contribution in [2.75, 3.05) is 25.0 Å². The van der Waals surface area contributed by atoms with Crippen molar-refractivity contribution < 1.29 is 28.2 Å². The average Bonchev–Trinajstić information content (AvgIpc) is 2.54. The normalized spacial score (nSPS) is 19.1. The maximum Gasteiger partial charge on any atom is 0.320 e. The van der Waals surface area contributed by atoms with E-state index in [1.165, 1.54) is 18.2 Å². The van der Waals surface area contributed by atoms with Gasteiger partial charge in [0.25, 0.3) is 6.43 Å². The molecule has 1 aromatic rings. The lowest BCUT2D eigenvalue weighted by Crippen LogP contribution is -2.55. The lowest BCUT2D eigenvalue weighted by molar-refractivity contribution is -0.139. The van der Waals surface area contributed by atoms with E-state index in [2.05, 4.69) is 15.6 Å². The molecule has 0 spiro atoms. The lowest BCUT2D eigenvalue weighted by Gasteiger charge is -2.42. The molecule has 0 atom stereocenters. The van der Waals surface area contributed by atoms with Gasteiger partial charge in [-0.3, -0.25) is 15.0 Å². The van der Waals surface area contributed by atoms with Gasteiger partial charge < -0.3 is 15.2 Å². The molecule has 1 fully saturated rings. The number of aromatic nitrogens is 1. The number of hydrogen-bond donors (Lipinski definition) is 3. The molecule has 26 heavy (non-hydrogen) atoms. The van der Waals surface area contributed by atoms with E-state index in [-0.39, 0.29) is 30.3 Å². The zero-order chi connectivity index (χ0) is 19.1. The minimum absolute atomic E-state index is 0.000864. The van der Waals surface area contributed by atoms with E-state index < -0.39 is 25.0 Å². The standard InChI is InChI=1S/C16H22F2N4O4/c1-2-22(8-15(23)24)11-6-10(7-11)19-16(25)21-13-4-3-5-14(20-13)26-9-12(17)18/h3-5,10-12H,2,6-9H2,1H3,(H,23,24)(H2,19,20,21,25). The van der Waals surface area contributed by atoms with Gasteiger partial charge in [-0.1, -0.05) is 13.0 Å². The Balaban J connectivity index is 1.76. The topological polar surface area (TPSA) is 104 Å². The number of nitrogens with one attached hydrogen (secondary N) is 2. The van der Waals surface area contributed by atoms with E-state index in [9.17, 15) is 18.4 Å². The number of carbonyl (C=O) groups is 2. The number of rotatable bonds is 9. The molecule has 8 nitrogen and oxygen atoms in total.